The highest BCUT2D eigenvalue weighted by Gasteiger charge is 2.31. The van der Waals surface area contributed by atoms with E-state index >= 15 is 0 Å². The molecule has 0 unspecified atom stereocenters. The van der Waals surface area contributed by atoms with Crippen LogP contribution in [0.5, 0.6) is 0 Å². The molecule has 3 aromatic carbocycles. The van der Waals surface area contributed by atoms with Crippen LogP contribution >= 0.6 is 0 Å². The van der Waals surface area contributed by atoms with E-state index in [0.717, 1.165) is 5.56 Å². The predicted octanol–water partition coefficient (Wildman–Crippen LogP) is 6.00. The van der Waals surface area contributed by atoms with E-state index in [1.807, 2.05) is 13.0 Å². The third-order valence-corrected chi connectivity index (χ3v) is 10.1. The maximum Gasteiger partial charge on any atom is 0.290 e. The molecule has 3 rings (SSSR count). The second-order valence-corrected chi connectivity index (χ2v) is 11.9. The molecule has 0 radical (unpaired) electrons. The molecule has 0 aliphatic rings. The fourth-order valence-electron chi connectivity index (χ4n) is 3.45. The Morgan fingerprint density at radius 2 is 1.42 bits per heavy atom. The summed E-state index contributed by atoms with van der Waals surface area (Å²) in [4.78, 5) is 0.250. The Bertz CT molecular complexity index is 1350. The summed E-state index contributed by atoms with van der Waals surface area (Å²) < 4.78 is 44.8. The normalized spacial score (nSPS) is 15.8. The first-order chi connectivity index (χ1) is 15.7. The Labute approximate surface area is 196 Å². The summed E-state index contributed by atoms with van der Waals surface area (Å²) in [5, 5.41) is 9.71. The van der Waals surface area contributed by atoms with Crippen molar-refractivity contribution in [2.45, 2.75) is 28.9 Å². The van der Waals surface area contributed by atoms with Gasteiger partial charge in [-0.1, -0.05) is 79.2 Å². The standard InChI is InChI=1S/C26H27NO4S2/c1-4-26(21(3)19-25(28)22-11-7-5-8-12-22)32(29,23-13-9-6-10-14-23)27-33(30,31)24-17-15-20(2)16-18-24/h4-19,21,26,28H,1H2,2-3H3/b25-19-/t21-,26-,32-/m1/s1. The molecule has 0 bridgehead atoms. The first kappa shape index (κ1) is 24.5. The van der Waals surface area contributed by atoms with Crippen LogP contribution in [0.2, 0.25) is 0 Å². The van der Waals surface area contributed by atoms with Crippen molar-refractivity contribution in [1.29, 1.82) is 0 Å². The Morgan fingerprint density at radius 3 is 1.97 bits per heavy atom. The van der Waals surface area contributed by atoms with Crippen LogP contribution in [-0.2, 0) is 19.8 Å². The van der Waals surface area contributed by atoms with E-state index in [-0.39, 0.29) is 15.6 Å². The molecule has 0 aliphatic heterocycles. The highest BCUT2D eigenvalue weighted by Crippen LogP contribution is 2.30. The minimum atomic E-state index is -4.23. The first-order valence-corrected chi connectivity index (χ1v) is 13.4. The Hall–Kier alpha value is -3.16. The molecule has 0 saturated carbocycles. The summed E-state index contributed by atoms with van der Waals surface area (Å²) in [5.74, 6) is -0.529. The third kappa shape index (κ3) is 5.61. The summed E-state index contributed by atoms with van der Waals surface area (Å²) in [5.41, 5.74) is 1.50. The van der Waals surface area contributed by atoms with Gasteiger partial charge in [-0.3, -0.25) is 0 Å². The second kappa shape index (κ2) is 10.2. The van der Waals surface area contributed by atoms with Crippen LogP contribution in [0, 0.1) is 12.8 Å². The van der Waals surface area contributed by atoms with Crippen LogP contribution in [-0.4, -0.2) is 23.0 Å². The summed E-state index contributed by atoms with van der Waals surface area (Å²) in [6, 6.07) is 23.5. The molecule has 0 saturated heterocycles. The van der Waals surface area contributed by atoms with Crippen molar-refractivity contribution >= 4 is 25.5 Å². The van der Waals surface area contributed by atoms with Crippen molar-refractivity contribution in [2.24, 2.45) is 9.69 Å². The van der Waals surface area contributed by atoms with Crippen LogP contribution in [0.1, 0.15) is 18.1 Å². The number of rotatable bonds is 8. The minimum Gasteiger partial charge on any atom is -0.508 e. The fourth-order valence-corrected chi connectivity index (χ4v) is 7.96. The maximum absolute atomic E-state index is 14.4. The first-order valence-electron chi connectivity index (χ1n) is 10.4. The van der Waals surface area contributed by atoms with Gasteiger partial charge in [-0.25, -0.2) is 4.21 Å². The lowest BCUT2D eigenvalue weighted by molar-refractivity contribution is 0.504. The third-order valence-electron chi connectivity index (χ3n) is 5.22. The average Bonchev–Trinajstić information content (AvgIpc) is 2.80. The van der Waals surface area contributed by atoms with Gasteiger partial charge in [-0.15, -0.1) is 10.3 Å². The van der Waals surface area contributed by atoms with Crippen LogP contribution < -0.4 is 0 Å². The van der Waals surface area contributed by atoms with Gasteiger partial charge in [-0.2, -0.15) is 8.42 Å². The lowest BCUT2D eigenvalue weighted by atomic mass is 10.0. The summed E-state index contributed by atoms with van der Waals surface area (Å²) >= 11 is 0. The number of benzene rings is 3. The van der Waals surface area contributed by atoms with E-state index in [9.17, 15) is 17.7 Å². The number of hydrogen-bond acceptors (Lipinski definition) is 4. The zero-order chi connectivity index (χ0) is 24.1. The molecular formula is C26H27NO4S2. The zero-order valence-electron chi connectivity index (χ0n) is 18.5. The van der Waals surface area contributed by atoms with Gasteiger partial charge < -0.3 is 5.11 Å². The van der Waals surface area contributed by atoms with E-state index in [0.29, 0.717) is 5.56 Å². The average molecular weight is 482 g/mol. The van der Waals surface area contributed by atoms with E-state index < -0.39 is 30.9 Å². The topological polar surface area (TPSA) is 83.8 Å². The number of allylic oxidation sites excluding steroid dienone is 1. The number of nitrogens with zero attached hydrogens (tertiary/aromatic N) is 1. The lowest BCUT2D eigenvalue weighted by Gasteiger charge is -2.23. The minimum absolute atomic E-state index is 0.00570. The molecule has 0 heterocycles. The van der Waals surface area contributed by atoms with Gasteiger partial charge in [0.05, 0.1) is 19.9 Å². The van der Waals surface area contributed by atoms with E-state index in [1.54, 1.807) is 79.7 Å². The van der Waals surface area contributed by atoms with Gasteiger partial charge in [0.2, 0.25) is 0 Å². The summed E-state index contributed by atoms with van der Waals surface area (Å²) in [6.45, 7) is 7.42. The molecule has 33 heavy (non-hydrogen) atoms. The van der Waals surface area contributed by atoms with Crippen molar-refractivity contribution in [3.05, 3.63) is 115 Å². The molecule has 172 valence electrons. The highest BCUT2D eigenvalue weighted by atomic mass is 32.3. The van der Waals surface area contributed by atoms with Crippen molar-refractivity contribution in [3.63, 3.8) is 0 Å². The van der Waals surface area contributed by atoms with Gasteiger partial charge in [0.25, 0.3) is 10.0 Å². The molecule has 0 aliphatic carbocycles. The van der Waals surface area contributed by atoms with Crippen molar-refractivity contribution < 1.29 is 17.7 Å². The fraction of sp³-hybridized carbons (Fsp3) is 0.154. The van der Waals surface area contributed by atoms with Crippen molar-refractivity contribution in [2.75, 3.05) is 0 Å². The van der Waals surface area contributed by atoms with Crippen LogP contribution in [0.3, 0.4) is 0 Å². The molecule has 0 fully saturated rings. The number of sulfonamides is 1. The Morgan fingerprint density at radius 1 is 0.879 bits per heavy atom. The SMILES string of the molecule is C=C[C@H]([C@H](C)/C=C(\O)c1ccccc1)[S@@](=O)(=NS(=O)(=O)c1ccc(C)cc1)c1ccccc1. The molecule has 1 N–H and O–H groups in total. The number of aliphatic hydroxyl groups excluding tert-OH is 1. The van der Waals surface area contributed by atoms with E-state index in [1.165, 1.54) is 18.2 Å². The monoisotopic (exact) mass is 481 g/mol. The highest BCUT2D eigenvalue weighted by molar-refractivity contribution is 8.03. The van der Waals surface area contributed by atoms with Gasteiger partial charge in [0.15, 0.2) is 0 Å². The number of aryl methyl sites for hydroxylation is 1. The lowest BCUT2D eigenvalue weighted by Crippen LogP contribution is -2.26. The van der Waals surface area contributed by atoms with Gasteiger partial charge in [0.1, 0.15) is 5.76 Å². The molecule has 3 atom stereocenters. The van der Waals surface area contributed by atoms with Crippen LogP contribution in [0.4, 0.5) is 0 Å². The van der Waals surface area contributed by atoms with E-state index in [4.69, 9.17) is 0 Å². The van der Waals surface area contributed by atoms with Crippen LogP contribution in [0.25, 0.3) is 5.76 Å². The molecule has 0 amide bonds. The zero-order valence-corrected chi connectivity index (χ0v) is 20.2. The summed E-state index contributed by atoms with van der Waals surface area (Å²) in [7, 11) is -7.77. The largest absolute Gasteiger partial charge is 0.508 e. The molecule has 7 heteroatoms. The quantitative estimate of drug-likeness (QED) is 0.316. The smallest absolute Gasteiger partial charge is 0.290 e. The van der Waals surface area contributed by atoms with Crippen molar-refractivity contribution in [1.82, 2.24) is 0 Å². The van der Waals surface area contributed by atoms with Crippen molar-refractivity contribution in [3.8, 4) is 0 Å². The van der Waals surface area contributed by atoms with Gasteiger partial charge >= 0.3 is 0 Å². The molecule has 5 nitrogen and oxygen atoms in total. The molecule has 3 aromatic rings. The molecule has 0 spiro atoms. The molecular weight excluding hydrogens is 454 g/mol. The summed E-state index contributed by atoms with van der Waals surface area (Å²) in [6.07, 6.45) is 3.00. The second-order valence-electron chi connectivity index (χ2n) is 7.72. The molecule has 0 aromatic heterocycles. The van der Waals surface area contributed by atoms with E-state index in [2.05, 4.69) is 10.3 Å². The predicted molar refractivity (Wildman–Crippen MR) is 134 cm³/mol. The Kier molecular flexibility index (Phi) is 7.56. The Balaban J connectivity index is 2.17. The number of hydrogen-bond donors (Lipinski definition) is 1. The number of aliphatic hydroxyl groups is 1. The van der Waals surface area contributed by atoms with Gasteiger partial charge in [-0.05, 0) is 43.2 Å². The van der Waals surface area contributed by atoms with Crippen LogP contribution in [0.15, 0.2) is 117 Å². The van der Waals surface area contributed by atoms with Gasteiger partial charge in [0, 0.05) is 10.5 Å². The maximum atomic E-state index is 14.4.